The van der Waals surface area contributed by atoms with Crippen LogP contribution in [-0.2, 0) is 14.3 Å². The first-order valence-electron chi connectivity index (χ1n) is 10.4. The molecular weight excluding hydrogens is 426 g/mol. The van der Waals surface area contributed by atoms with Crippen LogP contribution in [0.3, 0.4) is 0 Å². The molecule has 3 rings (SSSR count). The molecule has 9 nitrogen and oxygen atoms in total. The van der Waals surface area contributed by atoms with Crippen LogP contribution >= 0.6 is 0 Å². The maximum Gasteiger partial charge on any atom is 0.338 e. The summed E-state index contributed by atoms with van der Waals surface area (Å²) in [6, 6.07) is 12.8. The molecule has 33 heavy (non-hydrogen) atoms. The Kier molecular flexibility index (Phi) is 7.55. The Bertz CT molecular complexity index is 1070. The minimum atomic E-state index is -0.741. The molecule has 1 unspecified atom stereocenters. The van der Waals surface area contributed by atoms with E-state index in [-0.39, 0.29) is 18.6 Å². The highest BCUT2D eigenvalue weighted by Crippen LogP contribution is 2.34. The lowest BCUT2D eigenvalue weighted by molar-refractivity contribution is -0.143. The molecule has 174 valence electrons. The number of urea groups is 1. The molecule has 0 aliphatic carbocycles. The summed E-state index contributed by atoms with van der Waals surface area (Å²) in [6.07, 6.45) is -0.316. The van der Waals surface area contributed by atoms with Gasteiger partial charge in [0.05, 0.1) is 24.8 Å². The van der Waals surface area contributed by atoms with Gasteiger partial charge in [0.2, 0.25) is 0 Å². The molecule has 1 aliphatic rings. The van der Waals surface area contributed by atoms with E-state index in [0.717, 1.165) is 0 Å². The number of para-hydroxylation sites is 1. The van der Waals surface area contributed by atoms with E-state index >= 15 is 0 Å². The topological polar surface area (TPSA) is 115 Å². The van der Waals surface area contributed by atoms with Crippen molar-refractivity contribution in [3.8, 4) is 11.5 Å². The monoisotopic (exact) mass is 453 g/mol. The average molecular weight is 453 g/mol. The molecular formula is C24H27N3O6. The fraction of sp³-hybridized carbons (Fsp3) is 0.292. The van der Waals surface area contributed by atoms with Crippen molar-refractivity contribution in [3.05, 3.63) is 65.4 Å². The summed E-state index contributed by atoms with van der Waals surface area (Å²) in [5.41, 5.74) is 1.96. The van der Waals surface area contributed by atoms with Crippen LogP contribution in [0.2, 0.25) is 0 Å². The Balaban J connectivity index is 1.78. The molecule has 1 atom stereocenters. The average Bonchev–Trinajstić information content (AvgIpc) is 2.77. The summed E-state index contributed by atoms with van der Waals surface area (Å²) >= 11 is 0. The number of hydrogen-bond donors (Lipinski definition) is 3. The van der Waals surface area contributed by atoms with Crippen LogP contribution in [0.15, 0.2) is 59.8 Å². The third kappa shape index (κ3) is 6.03. The lowest BCUT2D eigenvalue weighted by Gasteiger charge is -2.29. The zero-order chi connectivity index (χ0) is 24.0. The number of allylic oxidation sites excluding steroid dienone is 1. The van der Waals surface area contributed by atoms with E-state index in [2.05, 4.69) is 16.0 Å². The highest BCUT2D eigenvalue weighted by molar-refractivity contribution is 5.95. The van der Waals surface area contributed by atoms with Gasteiger partial charge in [-0.15, -0.1) is 0 Å². The smallest absolute Gasteiger partial charge is 0.338 e. The van der Waals surface area contributed by atoms with Gasteiger partial charge >= 0.3 is 12.0 Å². The van der Waals surface area contributed by atoms with E-state index < -0.39 is 18.0 Å². The highest BCUT2D eigenvalue weighted by atomic mass is 16.5. The second-order valence-corrected chi connectivity index (χ2v) is 7.64. The number of hydrogen-bond acceptors (Lipinski definition) is 6. The van der Waals surface area contributed by atoms with Crippen molar-refractivity contribution in [2.24, 2.45) is 0 Å². The fourth-order valence-electron chi connectivity index (χ4n) is 3.34. The fourth-order valence-corrected chi connectivity index (χ4v) is 3.34. The number of carbonyl (C=O) groups excluding carboxylic acids is 3. The van der Waals surface area contributed by atoms with Crippen LogP contribution in [0.1, 0.15) is 32.4 Å². The normalized spacial score (nSPS) is 15.4. The Hall–Kier alpha value is -4.01. The number of benzene rings is 2. The van der Waals surface area contributed by atoms with Crippen molar-refractivity contribution in [1.29, 1.82) is 0 Å². The van der Waals surface area contributed by atoms with Crippen molar-refractivity contribution in [1.82, 2.24) is 10.6 Å². The van der Waals surface area contributed by atoms with Gasteiger partial charge < -0.3 is 30.2 Å². The van der Waals surface area contributed by atoms with Gasteiger partial charge in [-0.05, 0) is 50.6 Å². The summed E-state index contributed by atoms with van der Waals surface area (Å²) in [5, 5.41) is 8.09. The number of amides is 3. The van der Waals surface area contributed by atoms with Crippen LogP contribution in [0.5, 0.6) is 11.5 Å². The number of methoxy groups -OCH3 is 1. The van der Waals surface area contributed by atoms with Crippen molar-refractivity contribution >= 4 is 23.6 Å². The third-order valence-electron chi connectivity index (χ3n) is 4.77. The van der Waals surface area contributed by atoms with E-state index in [1.165, 1.54) is 7.11 Å². The number of carbonyl (C=O) groups is 3. The van der Waals surface area contributed by atoms with Gasteiger partial charge in [-0.3, -0.25) is 4.79 Å². The second-order valence-electron chi connectivity index (χ2n) is 7.64. The van der Waals surface area contributed by atoms with Crippen LogP contribution in [0.4, 0.5) is 10.5 Å². The van der Waals surface area contributed by atoms with Crippen LogP contribution in [0, 0.1) is 0 Å². The second kappa shape index (κ2) is 10.5. The van der Waals surface area contributed by atoms with Gasteiger partial charge in [-0.2, -0.15) is 0 Å². The van der Waals surface area contributed by atoms with Gasteiger partial charge in [0.1, 0.15) is 0 Å². The van der Waals surface area contributed by atoms with Gasteiger partial charge in [-0.25, -0.2) is 9.59 Å². The van der Waals surface area contributed by atoms with E-state index in [4.69, 9.17) is 14.2 Å². The van der Waals surface area contributed by atoms with Gasteiger partial charge in [0.25, 0.3) is 5.91 Å². The number of nitrogens with one attached hydrogen (secondary N) is 3. The molecule has 1 aliphatic heterocycles. The minimum absolute atomic E-state index is 0.223. The molecule has 3 amide bonds. The first-order chi connectivity index (χ1) is 15.8. The number of ether oxygens (including phenoxy) is 3. The molecule has 0 saturated carbocycles. The molecule has 0 bridgehead atoms. The highest BCUT2D eigenvalue weighted by Gasteiger charge is 2.33. The summed E-state index contributed by atoms with van der Waals surface area (Å²) < 4.78 is 16.4. The van der Waals surface area contributed by atoms with Crippen molar-refractivity contribution in [3.63, 3.8) is 0 Å². The molecule has 0 radical (unpaired) electrons. The zero-order valence-electron chi connectivity index (χ0n) is 18.9. The lowest BCUT2D eigenvalue weighted by atomic mass is 9.95. The lowest BCUT2D eigenvalue weighted by Crippen LogP contribution is -2.45. The van der Waals surface area contributed by atoms with Crippen molar-refractivity contribution in [2.45, 2.75) is 32.9 Å². The largest absolute Gasteiger partial charge is 0.493 e. The van der Waals surface area contributed by atoms with E-state index in [1.54, 1.807) is 51.1 Å². The molecule has 0 spiro atoms. The Labute approximate surface area is 192 Å². The summed E-state index contributed by atoms with van der Waals surface area (Å²) in [5.74, 6) is -0.161. The Morgan fingerprint density at radius 1 is 1.09 bits per heavy atom. The summed E-state index contributed by atoms with van der Waals surface area (Å²) in [6.45, 7) is 4.92. The molecule has 9 heteroatoms. The number of rotatable bonds is 8. The Morgan fingerprint density at radius 2 is 1.82 bits per heavy atom. The van der Waals surface area contributed by atoms with Gasteiger partial charge in [0, 0.05) is 11.4 Å². The summed E-state index contributed by atoms with van der Waals surface area (Å²) in [7, 11) is 1.46. The zero-order valence-corrected chi connectivity index (χ0v) is 18.9. The predicted molar refractivity (Wildman–Crippen MR) is 122 cm³/mol. The molecule has 0 fully saturated rings. The molecule has 0 aromatic heterocycles. The first-order valence-corrected chi connectivity index (χ1v) is 10.4. The van der Waals surface area contributed by atoms with Gasteiger partial charge in [0.15, 0.2) is 18.1 Å². The summed E-state index contributed by atoms with van der Waals surface area (Å²) in [4.78, 5) is 37.0. The maximum atomic E-state index is 12.7. The van der Waals surface area contributed by atoms with Gasteiger partial charge in [-0.1, -0.05) is 24.3 Å². The van der Waals surface area contributed by atoms with Crippen molar-refractivity contribution in [2.75, 3.05) is 19.0 Å². The van der Waals surface area contributed by atoms with E-state index in [0.29, 0.717) is 34.0 Å². The number of esters is 1. The Morgan fingerprint density at radius 3 is 2.48 bits per heavy atom. The van der Waals surface area contributed by atoms with Crippen LogP contribution < -0.4 is 25.4 Å². The van der Waals surface area contributed by atoms with E-state index in [1.807, 2.05) is 18.2 Å². The van der Waals surface area contributed by atoms with Crippen molar-refractivity contribution < 1.29 is 28.6 Å². The predicted octanol–water partition coefficient (Wildman–Crippen LogP) is 3.29. The number of anilines is 1. The van der Waals surface area contributed by atoms with Crippen LogP contribution in [0.25, 0.3) is 0 Å². The maximum absolute atomic E-state index is 12.7. The SMILES string of the molecule is COc1cc(C2NC(=O)NC(C)=C2C(=O)OC(C)C)ccc1OCC(=O)Nc1ccccc1. The van der Waals surface area contributed by atoms with Crippen LogP contribution in [-0.4, -0.2) is 37.7 Å². The molecule has 2 aromatic rings. The molecule has 0 saturated heterocycles. The third-order valence-corrected chi connectivity index (χ3v) is 4.77. The molecule has 1 heterocycles. The standard InChI is InChI=1S/C24H27N3O6/c1-14(2)33-23(29)21-15(3)25-24(30)27-22(21)16-10-11-18(19(12-16)31-4)32-13-20(28)26-17-8-6-5-7-9-17/h5-12,14,22H,13H2,1-4H3,(H,26,28)(H2,25,27,30). The van der Waals surface area contributed by atoms with E-state index in [9.17, 15) is 14.4 Å². The molecule has 3 N–H and O–H groups in total. The first kappa shape index (κ1) is 23.6. The quantitative estimate of drug-likeness (QED) is 0.529. The molecule has 2 aromatic carbocycles. The minimum Gasteiger partial charge on any atom is -0.493 e.